The fourth-order valence-electron chi connectivity index (χ4n) is 5.91. The van der Waals surface area contributed by atoms with Crippen molar-refractivity contribution in [3.63, 3.8) is 0 Å². The van der Waals surface area contributed by atoms with Crippen molar-refractivity contribution in [1.29, 1.82) is 0 Å². The molecule has 6 atom stereocenters. The third-order valence-corrected chi connectivity index (χ3v) is 7.74. The summed E-state index contributed by atoms with van der Waals surface area (Å²) < 4.78 is 31.0. The first kappa shape index (κ1) is 30.0. The Balaban J connectivity index is 0.00000186. The Morgan fingerprint density at radius 2 is 1.68 bits per heavy atom. The van der Waals surface area contributed by atoms with E-state index in [1.54, 1.807) is 6.08 Å². The Kier molecular flexibility index (Phi) is 11.8. The Hall–Kier alpha value is -1.54. The van der Waals surface area contributed by atoms with Gasteiger partial charge in [0.25, 0.3) is 0 Å². The lowest BCUT2D eigenvalue weighted by Gasteiger charge is -2.46. The van der Waals surface area contributed by atoms with Crippen LogP contribution in [-0.2, 0) is 33.3 Å². The standard InChI is InChI=1S/C28H42O7.C2H6/c1-19(2)10-5-6-11-20(29)12-9-13-22-26-27(35-28(34-26)16-7-4-8-17-28)25-23(33-22)15-14-21(32-25)18-24(30)31-3;1-2/h9,12,21-23,25-27H,1,4-8,10-11,13-18H2,2-3H3;1-2H3/b12-9+;. The highest BCUT2D eigenvalue weighted by molar-refractivity contribution is 5.89. The topological polar surface area (TPSA) is 80.3 Å². The summed E-state index contributed by atoms with van der Waals surface area (Å²) in [6.07, 6.45) is 13.3. The molecular weight excluding hydrogens is 472 g/mol. The average molecular weight is 521 g/mol. The van der Waals surface area contributed by atoms with Gasteiger partial charge in [-0.25, -0.2) is 0 Å². The molecule has 3 heterocycles. The molecule has 0 aromatic rings. The minimum absolute atomic E-state index is 0.108. The molecule has 0 radical (unpaired) electrons. The van der Waals surface area contributed by atoms with Crippen molar-refractivity contribution >= 4 is 11.8 Å². The van der Waals surface area contributed by atoms with Crippen molar-refractivity contribution in [2.24, 2.45) is 0 Å². The predicted molar refractivity (Wildman–Crippen MR) is 142 cm³/mol. The first-order chi connectivity index (χ1) is 17.9. The van der Waals surface area contributed by atoms with Crippen LogP contribution in [0, 0.1) is 0 Å². The predicted octanol–water partition coefficient (Wildman–Crippen LogP) is 5.99. The summed E-state index contributed by atoms with van der Waals surface area (Å²) in [5.74, 6) is -0.678. The summed E-state index contributed by atoms with van der Waals surface area (Å²) in [6.45, 7) is 9.94. The number of unbranched alkanes of at least 4 members (excludes halogenated alkanes) is 1. The van der Waals surface area contributed by atoms with Crippen molar-refractivity contribution in [1.82, 2.24) is 0 Å². The number of rotatable bonds is 10. The van der Waals surface area contributed by atoms with Gasteiger partial charge in [-0.3, -0.25) is 9.59 Å². The van der Waals surface area contributed by atoms with Gasteiger partial charge in [-0.05, 0) is 64.4 Å². The molecule has 4 aliphatic rings. The van der Waals surface area contributed by atoms with Crippen LogP contribution in [0.25, 0.3) is 0 Å². The summed E-state index contributed by atoms with van der Waals surface area (Å²) >= 11 is 0. The zero-order valence-electron chi connectivity index (χ0n) is 23.4. The molecule has 1 spiro atoms. The Morgan fingerprint density at radius 1 is 0.973 bits per heavy atom. The summed E-state index contributed by atoms with van der Waals surface area (Å²) in [4.78, 5) is 24.1. The number of carbonyl (C=O) groups excluding carboxylic acids is 2. The maximum Gasteiger partial charge on any atom is 0.308 e. The Bertz CT molecular complexity index is 785. The summed E-state index contributed by atoms with van der Waals surface area (Å²) in [5, 5.41) is 0. The van der Waals surface area contributed by atoms with Gasteiger partial charge < -0.3 is 23.7 Å². The highest BCUT2D eigenvalue weighted by Crippen LogP contribution is 2.47. The quantitative estimate of drug-likeness (QED) is 0.152. The molecule has 0 bridgehead atoms. The molecule has 4 rings (SSSR count). The molecule has 0 amide bonds. The molecule has 7 heteroatoms. The van der Waals surface area contributed by atoms with Crippen LogP contribution in [0.2, 0.25) is 0 Å². The molecule has 0 aromatic heterocycles. The van der Waals surface area contributed by atoms with Gasteiger partial charge in [0, 0.05) is 19.3 Å². The van der Waals surface area contributed by atoms with E-state index in [0.717, 1.165) is 63.4 Å². The van der Waals surface area contributed by atoms with E-state index >= 15 is 0 Å². The molecule has 6 unspecified atom stereocenters. The van der Waals surface area contributed by atoms with E-state index in [1.165, 1.54) is 13.5 Å². The third-order valence-electron chi connectivity index (χ3n) is 7.74. The lowest BCUT2D eigenvalue weighted by molar-refractivity contribution is -0.239. The zero-order chi connectivity index (χ0) is 26.8. The number of ether oxygens (including phenoxy) is 5. The molecule has 3 saturated heterocycles. The molecule has 0 N–H and O–H groups in total. The molecule has 4 fully saturated rings. The third kappa shape index (κ3) is 8.22. The van der Waals surface area contributed by atoms with Crippen molar-refractivity contribution in [3.05, 3.63) is 24.3 Å². The van der Waals surface area contributed by atoms with Crippen LogP contribution in [0.15, 0.2) is 24.3 Å². The number of fused-ring (bicyclic) bond motifs is 3. The van der Waals surface area contributed by atoms with Crippen LogP contribution in [0.1, 0.15) is 104 Å². The van der Waals surface area contributed by atoms with E-state index in [-0.39, 0.29) is 54.8 Å². The van der Waals surface area contributed by atoms with E-state index in [4.69, 9.17) is 23.7 Å². The van der Waals surface area contributed by atoms with Gasteiger partial charge in [0.05, 0.1) is 31.8 Å². The monoisotopic (exact) mass is 520 g/mol. The first-order valence-corrected chi connectivity index (χ1v) is 14.5. The van der Waals surface area contributed by atoms with E-state index in [9.17, 15) is 9.59 Å². The van der Waals surface area contributed by atoms with E-state index in [2.05, 4.69) is 6.58 Å². The van der Waals surface area contributed by atoms with Gasteiger partial charge in [-0.1, -0.05) is 31.9 Å². The molecule has 0 aromatic carbocycles. The lowest BCUT2D eigenvalue weighted by Crippen LogP contribution is -2.59. The molecule has 3 aliphatic heterocycles. The molecular formula is C30H48O7. The van der Waals surface area contributed by atoms with E-state index in [0.29, 0.717) is 12.8 Å². The number of allylic oxidation sites excluding steroid dienone is 2. The number of esters is 1. The van der Waals surface area contributed by atoms with Crippen LogP contribution in [0.3, 0.4) is 0 Å². The zero-order valence-corrected chi connectivity index (χ0v) is 23.4. The number of ketones is 1. The first-order valence-electron chi connectivity index (χ1n) is 14.5. The number of carbonyl (C=O) groups is 2. The fraction of sp³-hybridized carbons (Fsp3) is 0.800. The van der Waals surface area contributed by atoms with Gasteiger partial charge in [0.1, 0.15) is 18.3 Å². The highest BCUT2D eigenvalue weighted by atomic mass is 16.8. The van der Waals surface area contributed by atoms with Gasteiger partial charge >= 0.3 is 5.97 Å². The van der Waals surface area contributed by atoms with Gasteiger partial charge in [0.15, 0.2) is 11.6 Å². The van der Waals surface area contributed by atoms with Crippen molar-refractivity contribution in [3.8, 4) is 0 Å². The van der Waals surface area contributed by atoms with Crippen molar-refractivity contribution in [2.75, 3.05) is 7.11 Å². The normalized spacial score (nSPS) is 32.2. The van der Waals surface area contributed by atoms with Crippen LogP contribution in [0.5, 0.6) is 0 Å². The number of hydrogen-bond acceptors (Lipinski definition) is 7. The van der Waals surface area contributed by atoms with Gasteiger partial charge in [-0.15, -0.1) is 6.58 Å². The number of hydrogen-bond donors (Lipinski definition) is 0. The second kappa shape index (κ2) is 14.6. The van der Waals surface area contributed by atoms with Crippen LogP contribution in [-0.4, -0.2) is 61.3 Å². The van der Waals surface area contributed by atoms with Gasteiger partial charge in [-0.2, -0.15) is 0 Å². The van der Waals surface area contributed by atoms with Gasteiger partial charge in [0.2, 0.25) is 0 Å². The molecule has 210 valence electrons. The largest absolute Gasteiger partial charge is 0.469 e. The Labute approximate surface area is 223 Å². The van der Waals surface area contributed by atoms with Crippen LogP contribution < -0.4 is 0 Å². The molecule has 37 heavy (non-hydrogen) atoms. The second-order valence-corrected chi connectivity index (χ2v) is 10.7. The average Bonchev–Trinajstić information content (AvgIpc) is 3.27. The highest BCUT2D eigenvalue weighted by Gasteiger charge is 2.59. The molecule has 1 aliphatic carbocycles. The van der Waals surface area contributed by atoms with E-state index in [1.807, 2.05) is 26.8 Å². The van der Waals surface area contributed by atoms with Crippen LogP contribution >= 0.6 is 0 Å². The fourth-order valence-corrected chi connectivity index (χ4v) is 5.91. The summed E-state index contributed by atoms with van der Waals surface area (Å²) in [5.41, 5.74) is 1.16. The maximum atomic E-state index is 12.3. The van der Waals surface area contributed by atoms with Crippen LogP contribution in [0.4, 0.5) is 0 Å². The van der Waals surface area contributed by atoms with Crippen molar-refractivity contribution < 1.29 is 33.3 Å². The second-order valence-electron chi connectivity index (χ2n) is 10.7. The Morgan fingerprint density at radius 3 is 2.38 bits per heavy atom. The minimum atomic E-state index is -0.564. The maximum absolute atomic E-state index is 12.3. The van der Waals surface area contributed by atoms with Crippen molar-refractivity contribution in [2.45, 2.75) is 147 Å². The summed E-state index contributed by atoms with van der Waals surface area (Å²) in [7, 11) is 1.40. The molecule has 1 saturated carbocycles. The number of methoxy groups -OCH3 is 1. The lowest BCUT2D eigenvalue weighted by atomic mass is 9.88. The van der Waals surface area contributed by atoms with E-state index < -0.39 is 5.79 Å². The summed E-state index contributed by atoms with van der Waals surface area (Å²) in [6, 6.07) is 0. The smallest absolute Gasteiger partial charge is 0.308 e. The molecule has 7 nitrogen and oxygen atoms in total. The SMILES string of the molecule is C=C(C)CCCCC(=O)/C=C/CC1OC2CCC(CC(=O)OC)OC2C2OC3(CCCCC3)OC12.CC. The minimum Gasteiger partial charge on any atom is -0.469 e.